The van der Waals surface area contributed by atoms with Crippen LogP contribution in [0.3, 0.4) is 0 Å². The molecule has 0 fully saturated rings. The smallest absolute Gasteiger partial charge is 0.255 e. The highest BCUT2D eigenvalue weighted by molar-refractivity contribution is 7.80. The number of carbonyl (C=O) groups excluding carboxylic acids is 1. The summed E-state index contributed by atoms with van der Waals surface area (Å²) < 4.78 is 5.17. The number of carbonyl (C=O) groups is 1. The molecule has 3 nitrogen and oxygen atoms in total. The highest BCUT2D eigenvalue weighted by atomic mass is 35.5. The predicted octanol–water partition coefficient (Wildman–Crippen LogP) is 3.89. The zero-order chi connectivity index (χ0) is 13.8. The van der Waals surface area contributed by atoms with Crippen LogP contribution in [-0.2, 0) is 0 Å². The van der Waals surface area contributed by atoms with E-state index in [0.29, 0.717) is 22.0 Å². The molecule has 98 valence electrons. The molecule has 1 N–H and O–H groups in total. The van der Waals surface area contributed by atoms with Crippen LogP contribution in [0.2, 0.25) is 5.02 Å². The molecule has 0 heterocycles. The molecule has 0 saturated carbocycles. The van der Waals surface area contributed by atoms with Gasteiger partial charge in [0.2, 0.25) is 0 Å². The van der Waals surface area contributed by atoms with Gasteiger partial charge in [-0.1, -0.05) is 17.7 Å². The fourth-order valence-electron chi connectivity index (χ4n) is 1.62. The number of hydrogen-bond acceptors (Lipinski definition) is 3. The number of nitrogens with one attached hydrogen (secondary N) is 1. The summed E-state index contributed by atoms with van der Waals surface area (Å²) in [5, 5.41) is 3.29. The van der Waals surface area contributed by atoms with Gasteiger partial charge < -0.3 is 10.1 Å². The number of methoxy groups -OCH3 is 1. The first kappa shape index (κ1) is 13.8. The third-order valence-electron chi connectivity index (χ3n) is 2.52. The van der Waals surface area contributed by atoms with Crippen LogP contribution < -0.4 is 10.1 Å². The first-order valence-corrected chi connectivity index (χ1v) is 6.36. The van der Waals surface area contributed by atoms with Gasteiger partial charge in [0, 0.05) is 15.5 Å². The summed E-state index contributed by atoms with van der Waals surface area (Å²) in [6.45, 7) is 0. The van der Waals surface area contributed by atoms with E-state index in [1.165, 1.54) is 7.11 Å². The van der Waals surface area contributed by atoms with E-state index >= 15 is 0 Å². The Kier molecular flexibility index (Phi) is 4.35. The van der Waals surface area contributed by atoms with Crippen molar-refractivity contribution in [2.24, 2.45) is 0 Å². The van der Waals surface area contributed by atoms with Gasteiger partial charge in [0.15, 0.2) is 0 Å². The topological polar surface area (TPSA) is 38.3 Å². The van der Waals surface area contributed by atoms with Crippen molar-refractivity contribution in [2.45, 2.75) is 4.90 Å². The van der Waals surface area contributed by atoms with Crippen molar-refractivity contribution in [3.63, 3.8) is 0 Å². The van der Waals surface area contributed by atoms with Gasteiger partial charge in [-0.25, -0.2) is 0 Å². The molecule has 0 bridgehead atoms. The third-order valence-corrected chi connectivity index (χ3v) is 3.03. The molecule has 0 unspecified atom stereocenters. The van der Waals surface area contributed by atoms with Crippen LogP contribution in [0.4, 0.5) is 5.69 Å². The van der Waals surface area contributed by atoms with Gasteiger partial charge in [-0.05, 0) is 36.4 Å². The second kappa shape index (κ2) is 5.99. The molecule has 1 amide bonds. The third kappa shape index (κ3) is 3.43. The van der Waals surface area contributed by atoms with E-state index in [2.05, 4.69) is 17.9 Å². The Morgan fingerprint density at radius 3 is 2.74 bits per heavy atom. The first-order valence-electron chi connectivity index (χ1n) is 5.54. The molecule has 0 aliphatic rings. The molecule has 0 aliphatic heterocycles. The lowest BCUT2D eigenvalue weighted by Gasteiger charge is -2.10. The standard InChI is InChI=1S/C14H12ClNO2S/c1-18-13-6-5-10(15)8-12(13)16-14(17)9-3-2-4-11(19)7-9/h2-8,19H,1H3,(H,16,17). The van der Waals surface area contributed by atoms with E-state index < -0.39 is 0 Å². The van der Waals surface area contributed by atoms with E-state index in [0.717, 1.165) is 4.90 Å². The number of anilines is 1. The first-order chi connectivity index (χ1) is 9.10. The van der Waals surface area contributed by atoms with Crippen molar-refractivity contribution in [3.05, 3.63) is 53.1 Å². The van der Waals surface area contributed by atoms with Crippen molar-refractivity contribution in [1.29, 1.82) is 0 Å². The average molecular weight is 294 g/mol. The van der Waals surface area contributed by atoms with Crippen molar-refractivity contribution in [2.75, 3.05) is 12.4 Å². The molecule has 2 rings (SSSR count). The SMILES string of the molecule is COc1ccc(Cl)cc1NC(=O)c1cccc(S)c1. The monoisotopic (exact) mass is 293 g/mol. The van der Waals surface area contributed by atoms with Crippen LogP contribution in [0, 0.1) is 0 Å². The summed E-state index contributed by atoms with van der Waals surface area (Å²) in [4.78, 5) is 12.8. The Hall–Kier alpha value is -1.65. The molecule has 0 saturated heterocycles. The molecule has 0 radical (unpaired) electrons. The summed E-state index contributed by atoms with van der Waals surface area (Å²) in [6.07, 6.45) is 0. The maximum Gasteiger partial charge on any atom is 0.255 e. The number of benzene rings is 2. The van der Waals surface area contributed by atoms with Crippen LogP contribution in [0.5, 0.6) is 5.75 Å². The Morgan fingerprint density at radius 1 is 1.26 bits per heavy atom. The van der Waals surface area contributed by atoms with Crippen LogP contribution in [0.25, 0.3) is 0 Å². The van der Waals surface area contributed by atoms with Gasteiger partial charge in [0.1, 0.15) is 5.75 Å². The minimum absolute atomic E-state index is 0.239. The van der Waals surface area contributed by atoms with Crippen LogP contribution in [0.1, 0.15) is 10.4 Å². The van der Waals surface area contributed by atoms with Gasteiger partial charge >= 0.3 is 0 Å². The summed E-state index contributed by atoms with van der Waals surface area (Å²) in [6, 6.07) is 12.0. The normalized spacial score (nSPS) is 10.1. The number of halogens is 1. The summed E-state index contributed by atoms with van der Waals surface area (Å²) >= 11 is 10.1. The van der Waals surface area contributed by atoms with Gasteiger partial charge in [0.05, 0.1) is 12.8 Å². The summed E-state index contributed by atoms with van der Waals surface area (Å²) in [5.41, 5.74) is 1.05. The van der Waals surface area contributed by atoms with Crippen molar-refractivity contribution in [3.8, 4) is 5.75 Å². The second-order valence-corrected chi connectivity index (χ2v) is 4.80. The Balaban J connectivity index is 2.26. The molecule has 2 aromatic rings. The van der Waals surface area contributed by atoms with Gasteiger partial charge in [-0.3, -0.25) is 4.79 Å². The van der Waals surface area contributed by atoms with Crippen LogP contribution in [0.15, 0.2) is 47.4 Å². The minimum Gasteiger partial charge on any atom is -0.495 e. The summed E-state index contributed by atoms with van der Waals surface area (Å²) in [5.74, 6) is 0.316. The van der Waals surface area contributed by atoms with Crippen molar-refractivity contribution in [1.82, 2.24) is 0 Å². The lowest BCUT2D eigenvalue weighted by Crippen LogP contribution is -2.12. The second-order valence-electron chi connectivity index (χ2n) is 3.85. The number of ether oxygens (including phenoxy) is 1. The molecule has 2 aromatic carbocycles. The molecular formula is C14H12ClNO2S. The maximum atomic E-state index is 12.1. The molecular weight excluding hydrogens is 282 g/mol. The van der Waals surface area contributed by atoms with E-state index in [1.807, 2.05) is 0 Å². The fraction of sp³-hybridized carbons (Fsp3) is 0.0714. The van der Waals surface area contributed by atoms with E-state index in [4.69, 9.17) is 16.3 Å². The van der Waals surface area contributed by atoms with Crippen LogP contribution >= 0.6 is 24.2 Å². The lowest BCUT2D eigenvalue weighted by atomic mass is 10.2. The highest BCUT2D eigenvalue weighted by Crippen LogP contribution is 2.28. The Morgan fingerprint density at radius 2 is 2.05 bits per heavy atom. The number of hydrogen-bond donors (Lipinski definition) is 2. The Bertz CT molecular complexity index is 616. The zero-order valence-corrected chi connectivity index (χ0v) is 11.8. The van der Waals surface area contributed by atoms with Crippen molar-refractivity contribution < 1.29 is 9.53 Å². The van der Waals surface area contributed by atoms with E-state index in [-0.39, 0.29) is 5.91 Å². The quantitative estimate of drug-likeness (QED) is 0.843. The Labute approximate surface area is 122 Å². The van der Waals surface area contributed by atoms with E-state index in [9.17, 15) is 4.79 Å². The van der Waals surface area contributed by atoms with Gasteiger partial charge in [-0.15, -0.1) is 12.6 Å². The lowest BCUT2D eigenvalue weighted by molar-refractivity contribution is 0.102. The predicted molar refractivity (Wildman–Crippen MR) is 79.7 cm³/mol. The van der Waals surface area contributed by atoms with Crippen LogP contribution in [-0.4, -0.2) is 13.0 Å². The molecule has 0 aliphatic carbocycles. The number of amides is 1. The zero-order valence-electron chi connectivity index (χ0n) is 10.2. The molecule has 19 heavy (non-hydrogen) atoms. The van der Waals surface area contributed by atoms with Gasteiger partial charge in [-0.2, -0.15) is 0 Å². The largest absolute Gasteiger partial charge is 0.495 e. The van der Waals surface area contributed by atoms with E-state index in [1.54, 1.807) is 42.5 Å². The number of rotatable bonds is 3. The average Bonchev–Trinajstić information content (AvgIpc) is 2.39. The summed E-state index contributed by atoms with van der Waals surface area (Å²) in [7, 11) is 1.53. The van der Waals surface area contributed by atoms with Crippen molar-refractivity contribution >= 4 is 35.8 Å². The molecule has 0 spiro atoms. The minimum atomic E-state index is -0.239. The maximum absolute atomic E-state index is 12.1. The highest BCUT2D eigenvalue weighted by Gasteiger charge is 2.10. The molecule has 0 atom stereocenters. The number of thiol groups is 1. The molecule has 0 aromatic heterocycles. The van der Waals surface area contributed by atoms with Gasteiger partial charge in [0.25, 0.3) is 5.91 Å². The fourth-order valence-corrected chi connectivity index (χ4v) is 2.02. The molecule has 5 heteroatoms.